The molecule has 1 heterocycles. The Balaban J connectivity index is 0.00000312. The molecule has 1 saturated heterocycles. The highest BCUT2D eigenvalue weighted by molar-refractivity contribution is 14.0. The van der Waals surface area contributed by atoms with Crippen molar-refractivity contribution in [2.45, 2.75) is 26.3 Å². The lowest BCUT2D eigenvalue weighted by Gasteiger charge is -2.28. The minimum Gasteiger partial charge on any atom is -0.360 e. The summed E-state index contributed by atoms with van der Waals surface area (Å²) < 4.78 is 0. The molecule has 2 rings (SSSR count). The standard InChI is InChI=1S/C18H29N5O.HI/c1-4-5-11-22(3)18(19-2)21-13-15-6-8-16(9-7-15)23-12-10-20-17(24)14-23;/h6-9H,4-5,10-14H2,1-3H3,(H,19,21)(H,20,24);1H. The minimum atomic E-state index is 0. The molecule has 1 amide bonds. The van der Waals surface area contributed by atoms with Crippen molar-refractivity contribution in [2.24, 2.45) is 4.99 Å². The van der Waals surface area contributed by atoms with Gasteiger partial charge in [-0.15, -0.1) is 24.0 Å². The van der Waals surface area contributed by atoms with Crippen molar-refractivity contribution in [3.05, 3.63) is 29.8 Å². The summed E-state index contributed by atoms with van der Waals surface area (Å²) >= 11 is 0. The summed E-state index contributed by atoms with van der Waals surface area (Å²) in [4.78, 5) is 20.1. The molecule has 0 atom stereocenters. The van der Waals surface area contributed by atoms with E-state index in [1.54, 1.807) is 0 Å². The second-order valence-electron chi connectivity index (χ2n) is 6.11. The van der Waals surface area contributed by atoms with E-state index >= 15 is 0 Å². The molecule has 0 aliphatic carbocycles. The molecule has 0 bridgehead atoms. The van der Waals surface area contributed by atoms with Crippen molar-refractivity contribution in [1.29, 1.82) is 0 Å². The van der Waals surface area contributed by atoms with Crippen LogP contribution in [-0.4, -0.2) is 57.0 Å². The predicted molar refractivity (Wildman–Crippen MR) is 115 cm³/mol. The normalized spacial score (nSPS) is 14.6. The number of nitrogens with zero attached hydrogens (tertiary/aromatic N) is 3. The molecular weight excluding hydrogens is 429 g/mol. The molecule has 0 unspecified atom stereocenters. The number of unbranched alkanes of at least 4 members (excludes halogenated alkanes) is 1. The van der Waals surface area contributed by atoms with Crippen LogP contribution in [0.5, 0.6) is 0 Å². The van der Waals surface area contributed by atoms with Crippen molar-refractivity contribution in [2.75, 3.05) is 45.2 Å². The van der Waals surface area contributed by atoms with E-state index < -0.39 is 0 Å². The summed E-state index contributed by atoms with van der Waals surface area (Å²) in [5.74, 6) is 1.01. The van der Waals surface area contributed by atoms with Crippen molar-refractivity contribution in [3.8, 4) is 0 Å². The molecule has 0 aromatic heterocycles. The number of hydrogen-bond donors (Lipinski definition) is 2. The van der Waals surface area contributed by atoms with Crippen LogP contribution in [0.15, 0.2) is 29.3 Å². The fourth-order valence-corrected chi connectivity index (χ4v) is 2.75. The van der Waals surface area contributed by atoms with Crippen LogP contribution in [0.2, 0.25) is 0 Å². The first-order chi connectivity index (χ1) is 11.6. The Morgan fingerprint density at radius 2 is 2.08 bits per heavy atom. The molecule has 140 valence electrons. The highest BCUT2D eigenvalue weighted by Crippen LogP contribution is 2.16. The highest BCUT2D eigenvalue weighted by Gasteiger charge is 2.16. The summed E-state index contributed by atoms with van der Waals surface area (Å²) in [7, 11) is 3.88. The Hall–Kier alpha value is -1.51. The van der Waals surface area contributed by atoms with Crippen LogP contribution in [0.3, 0.4) is 0 Å². The maximum absolute atomic E-state index is 11.5. The molecule has 0 saturated carbocycles. The van der Waals surface area contributed by atoms with Gasteiger partial charge in [0.1, 0.15) is 0 Å². The van der Waals surface area contributed by atoms with Crippen molar-refractivity contribution >= 4 is 41.5 Å². The summed E-state index contributed by atoms with van der Waals surface area (Å²) in [6.45, 7) is 5.95. The number of carbonyl (C=O) groups is 1. The fraction of sp³-hybridized carbons (Fsp3) is 0.556. The van der Waals surface area contributed by atoms with Gasteiger partial charge in [-0.25, -0.2) is 0 Å². The fourth-order valence-electron chi connectivity index (χ4n) is 2.75. The average Bonchev–Trinajstić information content (AvgIpc) is 2.61. The number of guanidine groups is 1. The Bertz CT molecular complexity index is 561. The van der Waals surface area contributed by atoms with E-state index in [0.29, 0.717) is 13.1 Å². The Morgan fingerprint density at radius 1 is 1.36 bits per heavy atom. The van der Waals surface area contributed by atoms with Crippen LogP contribution >= 0.6 is 24.0 Å². The van der Waals surface area contributed by atoms with Crippen molar-refractivity contribution < 1.29 is 4.79 Å². The third-order valence-electron chi connectivity index (χ3n) is 4.21. The average molecular weight is 459 g/mol. The van der Waals surface area contributed by atoms with Crippen LogP contribution in [0.1, 0.15) is 25.3 Å². The second-order valence-corrected chi connectivity index (χ2v) is 6.11. The topological polar surface area (TPSA) is 60.0 Å². The third kappa shape index (κ3) is 6.72. The van der Waals surface area contributed by atoms with Gasteiger partial charge in [0.25, 0.3) is 0 Å². The maximum atomic E-state index is 11.5. The van der Waals surface area contributed by atoms with Crippen LogP contribution < -0.4 is 15.5 Å². The number of amides is 1. The van der Waals surface area contributed by atoms with Gasteiger partial charge in [0.2, 0.25) is 5.91 Å². The van der Waals surface area contributed by atoms with E-state index in [9.17, 15) is 4.79 Å². The van der Waals surface area contributed by atoms with E-state index in [4.69, 9.17) is 0 Å². The largest absolute Gasteiger partial charge is 0.360 e. The van der Waals surface area contributed by atoms with Gasteiger partial charge in [-0.05, 0) is 24.1 Å². The van der Waals surface area contributed by atoms with Gasteiger partial charge >= 0.3 is 0 Å². The highest BCUT2D eigenvalue weighted by atomic mass is 127. The summed E-state index contributed by atoms with van der Waals surface area (Å²) in [5.41, 5.74) is 2.29. The van der Waals surface area contributed by atoms with Crippen molar-refractivity contribution in [3.63, 3.8) is 0 Å². The number of nitrogens with one attached hydrogen (secondary N) is 2. The zero-order valence-electron chi connectivity index (χ0n) is 15.4. The molecule has 1 aliphatic rings. The molecule has 1 aromatic carbocycles. The first-order valence-corrected chi connectivity index (χ1v) is 8.66. The molecular formula is C18H30IN5O. The summed E-state index contributed by atoms with van der Waals surface area (Å²) in [6.07, 6.45) is 2.34. The van der Waals surface area contributed by atoms with Gasteiger partial charge in [-0.1, -0.05) is 25.5 Å². The molecule has 2 N–H and O–H groups in total. The zero-order valence-corrected chi connectivity index (χ0v) is 17.7. The first-order valence-electron chi connectivity index (χ1n) is 8.66. The van der Waals surface area contributed by atoms with Crippen LogP contribution in [0.4, 0.5) is 5.69 Å². The minimum absolute atomic E-state index is 0. The van der Waals surface area contributed by atoms with Gasteiger partial charge in [-0.2, -0.15) is 0 Å². The lowest BCUT2D eigenvalue weighted by atomic mass is 10.2. The Kier molecular flexibility index (Phi) is 9.62. The molecule has 1 aliphatic heterocycles. The van der Waals surface area contributed by atoms with E-state index in [0.717, 1.165) is 37.7 Å². The maximum Gasteiger partial charge on any atom is 0.239 e. The summed E-state index contributed by atoms with van der Waals surface area (Å²) in [5, 5.41) is 6.25. The van der Waals surface area contributed by atoms with Crippen LogP contribution in [-0.2, 0) is 11.3 Å². The van der Waals surface area contributed by atoms with E-state index in [1.807, 2.05) is 7.05 Å². The number of carbonyl (C=O) groups excluding carboxylic acids is 1. The molecule has 0 spiro atoms. The molecule has 7 heteroatoms. The van der Waals surface area contributed by atoms with E-state index in [2.05, 4.69) is 63.7 Å². The van der Waals surface area contributed by atoms with Gasteiger partial charge in [-0.3, -0.25) is 9.79 Å². The van der Waals surface area contributed by atoms with Gasteiger partial charge in [0.05, 0.1) is 6.54 Å². The van der Waals surface area contributed by atoms with Gasteiger partial charge < -0.3 is 20.4 Å². The first kappa shape index (κ1) is 21.5. The third-order valence-corrected chi connectivity index (χ3v) is 4.21. The monoisotopic (exact) mass is 459 g/mol. The lowest BCUT2D eigenvalue weighted by Crippen LogP contribution is -2.47. The molecule has 1 aromatic rings. The lowest BCUT2D eigenvalue weighted by molar-refractivity contribution is -0.120. The van der Waals surface area contributed by atoms with Crippen LogP contribution in [0.25, 0.3) is 0 Å². The quantitative estimate of drug-likeness (QED) is 0.389. The number of piperazine rings is 1. The Morgan fingerprint density at radius 3 is 2.68 bits per heavy atom. The number of halogens is 1. The predicted octanol–water partition coefficient (Wildman–Crippen LogP) is 2.05. The van der Waals surface area contributed by atoms with Crippen molar-refractivity contribution in [1.82, 2.24) is 15.5 Å². The second kappa shape index (κ2) is 11.2. The molecule has 1 fully saturated rings. The smallest absolute Gasteiger partial charge is 0.239 e. The van der Waals surface area contributed by atoms with E-state index in [-0.39, 0.29) is 29.9 Å². The van der Waals surface area contributed by atoms with Crippen LogP contribution in [0, 0.1) is 0 Å². The molecule has 6 nitrogen and oxygen atoms in total. The number of aliphatic imine (C=N–C) groups is 1. The van der Waals surface area contributed by atoms with Gasteiger partial charge in [0.15, 0.2) is 5.96 Å². The number of hydrogen-bond acceptors (Lipinski definition) is 3. The SMILES string of the molecule is CCCCN(C)C(=NC)NCc1ccc(N2CCNC(=O)C2)cc1.I. The van der Waals surface area contributed by atoms with E-state index in [1.165, 1.54) is 12.0 Å². The molecule has 0 radical (unpaired) electrons. The summed E-state index contributed by atoms with van der Waals surface area (Å²) in [6, 6.07) is 8.38. The number of rotatable bonds is 6. The molecule has 25 heavy (non-hydrogen) atoms. The number of benzene rings is 1. The number of anilines is 1. The van der Waals surface area contributed by atoms with Gasteiger partial charge in [0, 0.05) is 46.0 Å². The zero-order chi connectivity index (χ0) is 17.4. The Labute approximate surface area is 168 Å².